The van der Waals surface area contributed by atoms with Gasteiger partial charge in [0.2, 0.25) is 5.91 Å². The molecule has 1 aromatic heterocycles. The van der Waals surface area contributed by atoms with Crippen LogP contribution in [0.15, 0.2) is 5.38 Å². The average molecular weight is 322 g/mol. The van der Waals surface area contributed by atoms with Gasteiger partial charge in [-0.05, 0) is 12.8 Å². The fourth-order valence-corrected chi connectivity index (χ4v) is 3.62. The number of carbonyl (C=O) groups excluding carboxylic acids is 1. The first-order valence-electron chi connectivity index (χ1n) is 8.03. The number of aromatic nitrogens is 1. The normalized spacial score (nSPS) is 21.9. The molecule has 1 saturated carbocycles. The van der Waals surface area contributed by atoms with E-state index in [9.17, 15) is 4.79 Å². The minimum atomic E-state index is -0.529. The number of piperazine rings is 1. The monoisotopic (exact) mass is 322 g/mol. The number of rotatable bonds is 3. The molecule has 0 bridgehead atoms. The van der Waals surface area contributed by atoms with Crippen LogP contribution in [-0.2, 0) is 16.8 Å². The summed E-state index contributed by atoms with van der Waals surface area (Å²) in [5.74, 6) is 0.149. The maximum absolute atomic E-state index is 12.2. The molecule has 2 fully saturated rings. The van der Waals surface area contributed by atoms with Crippen molar-refractivity contribution in [2.45, 2.75) is 51.1 Å². The highest BCUT2D eigenvalue weighted by Crippen LogP contribution is 2.34. The average Bonchev–Trinajstić information content (AvgIpc) is 3.02. The second-order valence-corrected chi connectivity index (χ2v) is 8.48. The molecule has 1 aliphatic carbocycles. The van der Waals surface area contributed by atoms with Crippen LogP contribution < -0.4 is 5.73 Å². The van der Waals surface area contributed by atoms with Crippen molar-refractivity contribution >= 4 is 17.2 Å². The third-order valence-electron chi connectivity index (χ3n) is 4.45. The summed E-state index contributed by atoms with van der Waals surface area (Å²) in [5, 5.41) is 3.35. The molecule has 0 radical (unpaired) electrons. The molecule has 1 amide bonds. The van der Waals surface area contributed by atoms with Crippen molar-refractivity contribution in [1.29, 1.82) is 0 Å². The first-order valence-corrected chi connectivity index (χ1v) is 8.91. The summed E-state index contributed by atoms with van der Waals surface area (Å²) in [6.07, 6.45) is 1.70. The molecule has 6 heteroatoms. The highest BCUT2D eigenvalue weighted by Gasteiger charge is 2.48. The topological polar surface area (TPSA) is 62.5 Å². The molecule has 22 heavy (non-hydrogen) atoms. The van der Waals surface area contributed by atoms with E-state index in [2.05, 4.69) is 31.1 Å². The van der Waals surface area contributed by atoms with Gasteiger partial charge in [0.25, 0.3) is 0 Å². The summed E-state index contributed by atoms with van der Waals surface area (Å²) < 4.78 is 0. The first-order chi connectivity index (χ1) is 10.3. The lowest BCUT2D eigenvalue weighted by Crippen LogP contribution is -2.53. The van der Waals surface area contributed by atoms with Crippen molar-refractivity contribution in [3.05, 3.63) is 16.1 Å². The molecule has 1 aliphatic heterocycles. The summed E-state index contributed by atoms with van der Waals surface area (Å²) in [4.78, 5) is 21.3. The van der Waals surface area contributed by atoms with Gasteiger partial charge in [-0.1, -0.05) is 20.8 Å². The Morgan fingerprint density at radius 3 is 2.45 bits per heavy atom. The molecule has 2 heterocycles. The minimum Gasteiger partial charge on any atom is -0.339 e. The number of amides is 1. The Kier molecular flexibility index (Phi) is 4.03. The fourth-order valence-electron chi connectivity index (χ4n) is 2.73. The van der Waals surface area contributed by atoms with Crippen LogP contribution in [0, 0.1) is 0 Å². The highest BCUT2D eigenvalue weighted by atomic mass is 32.1. The van der Waals surface area contributed by atoms with E-state index < -0.39 is 5.54 Å². The number of thiazole rings is 1. The summed E-state index contributed by atoms with van der Waals surface area (Å²) in [6.45, 7) is 10.8. The van der Waals surface area contributed by atoms with E-state index in [0.29, 0.717) is 0 Å². The smallest absolute Gasteiger partial charge is 0.242 e. The zero-order chi connectivity index (χ0) is 16.0. The van der Waals surface area contributed by atoms with Gasteiger partial charge in [0.1, 0.15) is 0 Å². The molecule has 3 rings (SSSR count). The molecule has 1 saturated heterocycles. The van der Waals surface area contributed by atoms with Crippen LogP contribution in [0.1, 0.15) is 44.3 Å². The molecule has 122 valence electrons. The summed E-state index contributed by atoms with van der Waals surface area (Å²) >= 11 is 1.74. The molecule has 5 nitrogen and oxygen atoms in total. The quantitative estimate of drug-likeness (QED) is 0.918. The predicted molar refractivity (Wildman–Crippen MR) is 88.8 cm³/mol. The number of hydrogen-bond donors (Lipinski definition) is 1. The summed E-state index contributed by atoms with van der Waals surface area (Å²) in [7, 11) is 0. The Bertz CT molecular complexity index is 551. The third kappa shape index (κ3) is 3.34. The standard InChI is InChI=1S/C16H26N4OS/c1-15(2,3)13-18-12(11-22-13)10-19-6-8-20(9-7-19)14(21)16(17)4-5-16/h11H,4-10,17H2,1-3H3. The van der Waals surface area contributed by atoms with Crippen LogP contribution in [0.3, 0.4) is 0 Å². The second-order valence-electron chi connectivity index (χ2n) is 7.62. The van der Waals surface area contributed by atoms with E-state index in [-0.39, 0.29) is 11.3 Å². The number of nitrogens with two attached hydrogens (primary N) is 1. The molecule has 0 unspecified atom stereocenters. The number of nitrogens with zero attached hydrogens (tertiary/aromatic N) is 3. The van der Waals surface area contributed by atoms with Crippen molar-refractivity contribution in [1.82, 2.24) is 14.8 Å². The van der Waals surface area contributed by atoms with E-state index >= 15 is 0 Å². The predicted octanol–water partition coefficient (Wildman–Crippen LogP) is 1.58. The molecule has 2 aliphatic rings. The third-order valence-corrected chi connectivity index (χ3v) is 5.77. The van der Waals surface area contributed by atoms with E-state index in [4.69, 9.17) is 10.7 Å². The summed E-state index contributed by atoms with van der Waals surface area (Å²) in [5.41, 5.74) is 6.74. The first kappa shape index (κ1) is 15.9. The minimum absolute atomic E-state index is 0.119. The Hall–Kier alpha value is -0.980. The zero-order valence-electron chi connectivity index (χ0n) is 13.8. The molecule has 0 atom stereocenters. The maximum atomic E-state index is 12.2. The molecule has 2 N–H and O–H groups in total. The highest BCUT2D eigenvalue weighted by molar-refractivity contribution is 7.09. The van der Waals surface area contributed by atoms with Crippen molar-refractivity contribution in [2.24, 2.45) is 5.73 Å². The van der Waals surface area contributed by atoms with E-state index in [1.54, 1.807) is 11.3 Å². The molecule has 0 aromatic carbocycles. The van der Waals surface area contributed by atoms with Gasteiger partial charge < -0.3 is 10.6 Å². The van der Waals surface area contributed by atoms with Gasteiger partial charge >= 0.3 is 0 Å². The zero-order valence-corrected chi connectivity index (χ0v) is 14.6. The van der Waals surface area contributed by atoms with Gasteiger partial charge in [-0.25, -0.2) is 4.98 Å². The second kappa shape index (κ2) is 5.58. The summed E-state index contributed by atoms with van der Waals surface area (Å²) in [6, 6.07) is 0. The lowest BCUT2D eigenvalue weighted by atomic mass is 9.98. The Morgan fingerprint density at radius 2 is 1.95 bits per heavy atom. The molecular weight excluding hydrogens is 296 g/mol. The Balaban J connectivity index is 1.52. The van der Waals surface area contributed by atoms with E-state index in [1.807, 2.05) is 4.90 Å². The Morgan fingerprint density at radius 1 is 1.32 bits per heavy atom. The van der Waals surface area contributed by atoms with E-state index in [0.717, 1.165) is 51.3 Å². The van der Waals surface area contributed by atoms with Crippen LogP contribution in [0.4, 0.5) is 0 Å². The van der Waals surface area contributed by atoms with Crippen molar-refractivity contribution in [3.8, 4) is 0 Å². The van der Waals surface area contributed by atoms with E-state index in [1.165, 1.54) is 5.01 Å². The van der Waals surface area contributed by atoms with Gasteiger partial charge in [0.05, 0.1) is 16.2 Å². The van der Waals surface area contributed by atoms with Gasteiger partial charge in [-0.2, -0.15) is 0 Å². The van der Waals surface area contributed by atoms with Gasteiger partial charge in [0.15, 0.2) is 0 Å². The van der Waals surface area contributed by atoms with Gasteiger partial charge in [-0.15, -0.1) is 11.3 Å². The lowest BCUT2D eigenvalue weighted by molar-refractivity contribution is -0.135. The SMILES string of the molecule is CC(C)(C)c1nc(CN2CCN(C(=O)C3(N)CC3)CC2)cs1. The molecule has 1 aromatic rings. The van der Waals surface area contributed by atoms with Crippen molar-refractivity contribution in [2.75, 3.05) is 26.2 Å². The molecule has 0 spiro atoms. The van der Waals surface area contributed by atoms with Crippen LogP contribution >= 0.6 is 11.3 Å². The number of carbonyl (C=O) groups is 1. The van der Waals surface area contributed by atoms with Gasteiger partial charge in [0, 0.05) is 43.5 Å². The lowest BCUT2D eigenvalue weighted by Gasteiger charge is -2.35. The largest absolute Gasteiger partial charge is 0.339 e. The van der Waals surface area contributed by atoms with Gasteiger partial charge in [-0.3, -0.25) is 9.69 Å². The van der Waals surface area contributed by atoms with Crippen LogP contribution in [-0.4, -0.2) is 52.4 Å². The van der Waals surface area contributed by atoms with Crippen molar-refractivity contribution < 1.29 is 4.79 Å². The van der Waals surface area contributed by atoms with Crippen LogP contribution in [0.25, 0.3) is 0 Å². The van der Waals surface area contributed by atoms with Crippen LogP contribution in [0.2, 0.25) is 0 Å². The van der Waals surface area contributed by atoms with Crippen molar-refractivity contribution in [3.63, 3.8) is 0 Å². The number of hydrogen-bond acceptors (Lipinski definition) is 5. The Labute approximate surface area is 136 Å². The molecular formula is C16H26N4OS. The maximum Gasteiger partial charge on any atom is 0.242 e. The van der Waals surface area contributed by atoms with Crippen LogP contribution in [0.5, 0.6) is 0 Å². The fraction of sp³-hybridized carbons (Fsp3) is 0.750.